The molecule has 5 rings (SSSR count). The van der Waals surface area contributed by atoms with Crippen molar-refractivity contribution in [2.24, 2.45) is 5.73 Å². The number of nitrogens with zero attached hydrogens (tertiary/aromatic N) is 4. The Morgan fingerprint density at radius 1 is 0.921 bits per heavy atom. The largest absolute Gasteiger partial charge is 0.417 e. The number of pyridine rings is 1. The average molecular weight is 520 g/mol. The summed E-state index contributed by atoms with van der Waals surface area (Å²) in [6, 6.07) is 12.8. The number of amides is 2. The molecule has 3 aromatic heterocycles. The fourth-order valence-electron chi connectivity index (χ4n) is 4.00. The van der Waals surface area contributed by atoms with Crippen LogP contribution in [0.15, 0.2) is 79.4 Å². The molecule has 3 N–H and O–H groups in total. The van der Waals surface area contributed by atoms with Crippen LogP contribution in [0.1, 0.15) is 26.4 Å². The summed E-state index contributed by atoms with van der Waals surface area (Å²) < 4.78 is 57.5. The van der Waals surface area contributed by atoms with Crippen LogP contribution in [0.5, 0.6) is 0 Å². The molecule has 2 amide bonds. The first-order valence-corrected chi connectivity index (χ1v) is 11.0. The molecule has 0 unspecified atom stereocenters. The van der Waals surface area contributed by atoms with Crippen LogP contribution in [-0.4, -0.2) is 31.2 Å². The minimum absolute atomic E-state index is 0.0272. The molecule has 0 atom stereocenters. The first kappa shape index (κ1) is 24.6. The summed E-state index contributed by atoms with van der Waals surface area (Å²) >= 11 is 0. The van der Waals surface area contributed by atoms with E-state index in [0.717, 1.165) is 6.07 Å². The number of fused-ring (bicyclic) bond motifs is 1. The molecule has 0 saturated heterocycles. The summed E-state index contributed by atoms with van der Waals surface area (Å²) in [6.07, 6.45) is 0.271. The van der Waals surface area contributed by atoms with Gasteiger partial charge in [-0.25, -0.2) is 19.3 Å². The van der Waals surface area contributed by atoms with E-state index in [0.29, 0.717) is 11.1 Å². The van der Waals surface area contributed by atoms with Gasteiger partial charge in [0.2, 0.25) is 0 Å². The molecule has 0 bridgehead atoms. The van der Waals surface area contributed by atoms with Crippen molar-refractivity contribution < 1.29 is 27.2 Å². The Labute approximate surface area is 211 Å². The van der Waals surface area contributed by atoms with Crippen LogP contribution in [0.3, 0.4) is 0 Å². The lowest BCUT2D eigenvalue weighted by Gasteiger charge is -2.16. The van der Waals surface area contributed by atoms with E-state index in [-0.39, 0.29) is 28.9 Å². The molecule has 0 saturated carbocycles. The molecule has 0 spiro atoms. The number of anilines is 1. The molecule has 0 fully saturated rings. The molecule has 38 heavy (non-hydrogen) atoms. The maximum Gasteiger partial charge on any atom is 0.417 e. The Bertz CT molecular complexity index is 1690. The number of primary amides is 1. The van der Waals surface area contributed by atoms with Crippen LogP contribution in [0.2, 0.25) is 0 Å². The second-order valence-electron chi connectivity index (χ2n) is 8.07. The molecule has 3 heterocycles. The molecule has 0 aliphatic heterocycles. The fraction of sp³-hybridized carbons (Fsp3) is 0.0385. The lowest BCUT2D eigenvalue weighted by Crippen LogP contribution is -2.18. The first-order chi connectivity index (χ1) is 18.1. The Morgan fingerprint density at radius 2 is 1.63 bits per heavy atom. The summed E-state index contributed by atoms with van der Waals surface area (Å²) in [5.74, 6) is -3.56. The van der Waals surface area contributed by atoms with Crippen molar-refractivity contribution in [3.63, 3.8) is 0 Å². The van der Waals surface area contributed by atoms with Gasteiger partial charge in [-0.05, 0) is 29.8 Å². The highest BCUT2D eigenvalue weighted by Crippen LogP contribution is 2.38. The number of hydrogen-bond acceptors (Lipinski definition) is 5. The van der Waals surface area contributed by atoms with Crippen molar-refractivity contribution in [2.45, 2.75) is 6.18 Å². The van der Waals surface area contributed by atoms with Gasteiger partial charge in [0.25, 0.3) is 11.8 Å². The fourth-order valence-corrected chi connectivity index (χ4v) is 4.00. The predicted octanol–water partition coefficient (Wildman–Crippen LogP) is 4.97. The van der Waals surface area contributed by atoms with E-state index >= 15 is 0 Å². The van der Waals surface area contributed by atoms with Crippen molar-refractivity contribution in [1.82, 2.24) is 19.4 Å². The van der Waals surface area contributed by atoms with Crippen molar-refractivity contribution in [3.05, 3.63) is 102 Å². The minimum Gasteiger partial charge on any atom is -0.364 e. The van der Waals surface area contributed by atoms with Gasteiger partial charge in [0.15, 0.2) is 11.5 Å². The van der Waals surface area contributed by atoms with Crippen LogP contribution in [0.4, 0.5) is 23.2 Å². The van der Waals surface area contributed by atoms with Gasteiger partial charge >= 0.3 is 6.18 Å². The highest BCUT2D eigenvalue weighted by molar-refractivity contribution is 6.10. The summed E-state index contributed by atoms with van der Waals surface area (Å²) in [5, 5.41) is 2.56. The summed E-state index contributed by atoms with van der Waals surface area (Å²) in [7, 11) is 0. The van der Waals surface area contributed by atoms with Crippen LogP contribution >= 0.6 is 0 Å². The van der Waals surface area contributed by atoms with Crippen molar-refractivity contribution >= 4 is 23.1 Å². The van der Waals surface area contributed by atoms with Gasteiger partial charge in [0.1, 0.15) is 11.5 Å². The molecule has 0 aliphatic rings. The molecule has 0 radical (unpaired) electrons. The van der Waals surface area contributed by atoms with E-state index in [2.05, 4.69) is 20.3 Å². The lowest BCUT2D eigenvalue weighted by atomic mass is 10.0. The standard InChI is InChI=1S/C26H16F4N6O2/c27-19-12-18(26(28,29)30)16(23-32-8-4-9-33-23)11-17(19)25(38)35-21-15(14-5-2-1-3-6-14)7-10-36-20(22(31)37)13-34-24(21)36/h1-13H,(H2,31,37)(H,35,38). The van der Waals surface area contributed by atoms with Crippen molar-refractivity contribution in [2.75, 3.05) is 5.32 Å². The number of alkyl halides is 3. The highest BCUT2D eigenvalue weighted by atomic mass is 19.4. The number of imidazole rings is 1. The molecule has 8 nitrogen and oxygen atoms in total. The number of benzene rings is 2. The zero-order valence-electron chi connectivity index (χ0n) is 19.2. The van der Waals surface area contributed by atoms with E-state index < -0.39 is 40.5 Å². The second kappa shape index (κ2) is 9.39. The van der Waals surface area contributed by atoms with Crippen molar-refractivity contribution in [3.8, 4) is 22.5 Å². The molecular formula is C26H16F4N6O2. The minimum atomic E-state index is -4.93. The smallest absolute Gasteiger partial charge is 0.364 e. The van der Waals surface area contributed by atoms with E-state index in [1.54, 1.807) is 36.4 Å². The summed E-state index contributed by atoms with van der Waals surface area (Å²) in [4.78, 5) is 37.0. The number of aromatic nitrogens is 4. The van der Waals surface area contributed by atoms with Crippen LogP contribution in [0.25, 0.3) is 28.2 Å². The molecule has 2 aromatic carbocycles. The van der Waals surface area contributed by atoms with E-state index in [1.807, 2.05) is 0 Å². The highest BCUT2D eigenvalue weighted by Gasteiger charge is 2.36. The third-order valence-corrected chi connectivity index (χ3v) is 5.72. The topological polar surface area (TPSA) is 115 Å². The lowest BCUT2D eigenvalue weighted by molar-refractivity contribution is -0.137. The van der Waals surface area contributed by atoms with E-state index in [9.17, 15) is 27.2 Å². The number of rotatable bonds is 5. The number of nitrogens with two attached hydrogens (primary N) is 1. The van der Waals surface area contributed by atoms with Crippen LogP contribution in [0, 0.1) is 5.82 Å². The van der Waals surface area contributed by atoms with Gasteiger partial charge in [0, 0.05) is 29.7 Å². The van der Waals surface area contributed by atoms with Gasteiger partial charge in [-0.2, -0.15) is 13.2 Å². The van der Waals surface area contributed by atoms with E-state index in [4.69, 9.17) is 5.73 Å². The maximum atomic E-state index is 15.0. The quantitative estimate of drug-likeness (QED) is 0.318. The van der Waals surface area contributed by atoms with Gasteiger partial charge < -0.3 is 11.1 Å². The Morgan fingerprint density at radius 3 is 2.29 bits per heavy atom. The average Bonchev–Trinajstić information content (AvgIpc) is 3.34. The number of halogens is 4. The molecule has 190 valence electrons. The monoisotopic (exact) mass is 520 g/mol. The van der Waals surface area contributed by atoms with Crippen molar-refractivity contribution in [1.29, 1.82) is 0 Å². The molecule has 0 aliphatic carbocycles. The van der Waals surface area contributed by atoms with Crippen LogP contribution in [-0.2, 0) is 6.18 Å². The Hall–Kier alpha value is -5.13. The van der Waals surface area contributed by atoms with E-state index in [1.165, 1.54) is 35.3 Å². The zero-order chi connectivity index (χ0) is 27.0. The van der Waals surface area contributed by atoms with Gasteiger partial charge in [-0.3, -0.25) is 14.0 Å². The number of carbonyl (C=O) groups excluding carboxylic acids is 2. The normalized spacial score (nSPS) is 11.5. The Balaban J connectivity index is 1.66. The SMILES string of the molecule is NC(=O)c1cnc2c(NC(=O)c3cc(-c4ncccn4)c(C(F)(F)F)cc3F)c(-c3ccccc3)ccn12. The third kappa shape index (κ3) is 4.43. The van der Waals surface area contributed by atoms with Gasteiger partial charge in [0.05, 0.1) is 23.0 Å². The molecule has 12 heteroatoms. The zero-order valence-corrected chi connectivity index (χ0v) is 19.2. The number of hydrogen-bond donors (Lipinski definition) is 2. The summed E-state index contributed by atoms with van der Waals surface area (Å²) in [6.45, 7) is 0. The first-order valence-electron chi connectivity index (χ1n) is 11.0. The summed E-state index contributed by atoms with van der Waals surface area (Å²) in [5.41, 5.74) is 4.20. The molecule has 5 aromatic rings. The van der Waals surface area contributed by atoms with Crippen LogP contribution < -0.4 is 11.1 Å². The predicted molar refractivity (Wildman–Crippen MR) is 130 cm³/mol. The van der Waals surface area contributed by atoms with Gasteiger partial charge in [-0.15, -0.1) is 0 Å². The number of nitrogens with one attached hydrogen (secondary N) is 1. The second-order valence-corrected chi connectivity index (χ2v) is 8.07. The molecular weight excluding hydrogens is 504 g/mol. The van der Waals surface area contributed by atoms with Gasteiger partial charge in [-0.1, -0.05) is 30.3 Å². The number of carbonyl (C=O) groups is 2. The Kier molecular flexibility index (Phi) is 6.07. The third-order valence-electron chi connectivity index (χ3n) is 5.72. The maximum absolute atomic E-state index is 15.0.